The maximum atomic E-state index is 11.6. The van der Waals surface area contributed by atoms with Gasteiger partial charge < -0.3 is 25.5 Å². The molecule has 104 valence electrons. The molecule has 5 N–H and O–H groups in total. The average Bonchev–Trinajstić information content (AvgIpc) is 2.93. The van der Waals surface area contributed by atoms with Crippen molar-refractivity contribution in [2.45, 2.75) is 24.6 Å². The van der Waals surface area contributed by atoms with Crippen molar-refractivity contribution in [2.24, 2.45) is 0 Å². The van der Waals surface area contributed by atoms with E-state index in [2.05, 4.69) is 20.3 Å². The zero-order valence-electron chi connectivity index (χ0n) is 9.96. The summed E-state index contributed by atoms with van der Waals surface area (Å²) < 4.78 is 0. The van der Waals surface area contributed by atoms with Crippen LogP contribution in [0, 0.1) is 0 Å². The number of aromatic amines is 2. The van der Waals surface area contributed by atoms with Gasteiger partial charge in [0, 0.05) is 17.8 Å². The summed E-state index contributed by atoms with van der Waals surface area (Å²) >= 11 is 0. The van der Waals surface area contributed by atoms with Gasteiger partial charge in [-0.15, -0.1) is 12.4 Å². The molecule has 0 aliphatic carbocycles. The number of nitrogens with one attached hydrogen (secondary N) is 3. The summed E-state index contributed by atoms with van der Waals surface area (Å²) in [7, 11) is 0. The minimum absolute atomic E-state index is 0. The summed E-state index contributed by atoms with van der Waals surface area (Å²) in [6.07, 6.45) is 2.90. The lowest BCUT2D eigenvalue weighted by Gasteiger charge is -2.13. The van der Waals surface area contributed by atoms with Gasteiger partial charge in [0.2, 0.25) is 0 Å². The van der Waals surface area contributed by atoms with E-state index in [1.807, 2.05) is 0 Å². The Bertz CT molecular complexity index is 626. The van der Waals surface area contributed by atoms with Gasteiger partial charge >= 0.3 is 0 Å². The number of fused-ring (bicyclic) bond motifs is 1. The van der Waals surface area contributed by atoms with Crippen LogP contribution in [0.4, 0.5) is 0 Å². The monoisotopic (exact) mass is 286 g/mol. The number of hydrogen-bond donors (Lipinski definition) is 5. The Balaban J connectivity index is 0.00000133. The van der Waals surface area contributed by atoms with Gasteiger partial charge in [-0.1, -0.05) is 0 Å². The Kier molecular flexibility index (Phi) is 3.91. The predicted octanol–water partition coefficient (Wildman–Crippen LogP) is -0.571. The second-order valence-corrected chi connectivity index (χ2v) is 4.53. The highest BCUT2D eigenvalue weighted by atomic mass is 35.5. The molecular weight excluding hydrogens is 272 g/mol. The molecule has 2 aromatic heterocycles. The standard InChI is InChI=1S/C11H14N4O3.ClH/c16-3-5-1-7(17)8(15-5)6-2-12-10-9(6)13-4-14-11(10)18;/h2,4-5,7-8,12,15-17H,1,3H2,(H,13,14,18);1H/t5-,7?,8-;/m0./s1. The molecule has 2 aromatic rings. The Morgan fingerprint density at radius 1 is 1.42 bits per heavy atom. The molecule has 3 heterocycles. The fourth-order valence-corrected chi connectivity index (χ4v) is 2.49. The summed E-state index contributed by atoms with van der Waals surface area (Å²) in [4.78, 5) is 21.0. The molecule has 1 saturated heterocycles. The normalized spacial score (nSPS) is 26.5. The highest BCUT2D eigenvalue weighted by molar-refractivity contribution is 5.85. The second-order valence-electron chi connectivity index (χ2n) is 4.53. The molecule has 1 fully saturated rings. The molecule has 0 bridgehead atoms. The van der Waals surface area contributed by atoms with E-state index in [4.69, 9.17) is 5.11 Å². The number of nitrogens with zero attached hydrogens (tertiary/aromatic N) is 1. The number of hydrogen-bond acceptors (Lipinski definition) is 5. The van der Waals surface area contributed by atoms with Crippen molar-refractivity contribution in [1.82, 2.24) is 20.3 Å². The number of halogens is 1. The van der Waals surface area contributed by atoms with E-state index in [9.17, 15) is 9.90 Å². The van der Waals surface area contributed by atoms with Gasteiger partial charge in [-0.2, -0.15) is 0 Å². The molecule has 1 aliphatic heterocycles. The lowest BCUT2D eigenvalue weighted by atomic mass is 10.0. The van der Waals surface area contributed by atoms with Gasteiger partial charge in [0.15, 0.2) is 0 Å². The van der Waals surface area contributed by atoms with Crippen molar-refractivity contribution in [3.63, 3.8) is 0 Å². The van der Waals surface area contributed by atoms with Gasteiger partial charge in [-0.25, -0.2) is 4.98 Å². The second kappa shape index (κ2) is 5.30. The summed E-state index contributed by atoms with van der Waals surface area (Å²) in [6, 6.07) is -0.442. The molecule has 7 nitrogen and oxygen atoms in total. The number of aliphatic hydroxyl groups excluding tert-OH is 2. The average molecular weight is 287 g/mol. The topological polar surface area (TPSA) is 114 Å². The van der Waals surface area contributed by atoms with Gasteiger partial charge in [-0.3, -0.25) is 4.79 Å². The first-order valence-corrected chi connectivity index (χ1v) is 5.80. The van der Waals surface area contributed by atoms with Crippen LogP contribution in [0.15, 0.2) is 17.3 Å². The minimum atomic E-state index is -0.595. The van der Waals surface area contributed by atoms with Crippen LogP contribution in [0.5, 0.6) is 0 Å². The van der Waals surface area contributed by atoms with Crippen molar-refractivity contribution in [3.8, 4) is 0 Å². The maximum absolute atomic E-state index is 11.6. The van der Waals surface area contributed by atoms with E-state index in [0.29, 0.717) is 17.5 Å². The molecule has 0 radical (unpaired) electrons. The molecule has 0 saturated carbocycles. The van der Waals surface area contributed by atoms with E-state index in [0.717, 1.165) is 5.56 Å². The molecular formula is C11H15ClN4O3. The third kappa shape index (κ3) is 2.25. The summed E-state index contributed by atoms with van der Waals surface area (Å²) in [6.45, 7) is -0.0239. The Morgan fingerprint density at radius 3 is 2.89 bits per heavy atom. The number of rotatable bonds is 2. The maximum Gasteiger partial charge on any atom is 0.275 e. The van der Waals surface area contributed by atoms with E-state index in [1.165, 1.54) is 6.33 Å². The number of aliphatic hydroxyl groups is 2. The Hall–Kier alpha value is -1.41. The largest absolute Gasteiger partial charge is 0.395 e. The Morgan fingerprint density at radius 2 is 2.21 bits per heavy atom. The van der Waals surface area contributed by atoms with Crippen molar-refractivity contribution in [3.05, 3.63) is 28.4 Å². The smallest absolute Gasteiger partial charge is 0.275 e. The first-order valence-electron chi connectivity index (χ1n) is 5.80. The predicted molar refractivity (Wildman–Crippen MR) is 71.3 cm³/mol. The highest BCUT2D eigenvalue weighted by Crippen LogP contribution is 2.30. The Labute approximate surface area is 114 Å². The fraction of sp³-hybridized carbons (Fsp3) is 0.455. The van der Waals surface area contributed by atoms with Crippen molar-refractivity contribution >= 4 is 23.4 Å². The molecule has 0 aromatic carbocycles. The van der Waals surface area contributed by atoms with Crippen molar-refractivity contribution in [1.29, 1.82) is 0 Å². The zero-order valence-corrected chi connectivity index (χ0v) is 10.8. The van der Waals surface area contributed by atoms with Crippen LogP contribution >= 0.6 is 12.4 Å². The molecule has 3 atom stereocenters. The van der Waals surface area contributed by atoms with E-state index in [1.54, 1.807) is 6.20 Å². The van der Waals surface area contributed by atoms with Crippen LogP contribution < -0.4 is 10.9 Å². The molecule has 19 heavy (non-hydrogen) atoms. The first kappa shape index (κ1) is 14.0. The number of H-pyrrole nitrogens is 2. The molecule has 1 aliphatic rings. The summed E-state index contributed by atoms with van der Waals surface area (Å²) in [5, 5.41) is 22.2. The third-order valence-electron chi connectivity index (χ3n) is 3.38. The van der Waals surface area contributed by atoms with E-state index < -0.39 is 6.10 Å². The van der Waals surface area contributed by atoms with Crippen molar-refractivity contribution in [2.75, 3.05) is 6.61 Å². The van der Waals surface area contributed by atoms with Gasteiger partial charge in [0.25, 0.3) is 5.56 Å². The first-order chi connectivity index (χ1) is 8.70. The minimum Gasteiger partial charge on any atom is -0.395 e. The van der Waals surface area contributed by atoms with Crippen LogP contribution in [0.3, 0.4) is 0 Å². The van der Waals surface area contributed by atoms with E-state index in [-0.39, 0.29) is 36.7 Å². The fourth-order valence-electron chi connectivity index (χ4n) is 2.49. The van der Waals surface area contributed by atoms with E-state index >= 15 is 0 Å². The number of aromatic nitrogens is 3. The summed E-state index contributed by atoms with van der Waals surface area (Å²) in [5.74, 6) is 0. The SMILES string of the molecule is Cl.O=c1[nH]cnc2c([C@@H]3N[C@H](CO)CC3O)c[nH]c12. The van der Waals surface area contributed by atoms with Gasteiger partial charge in [0.05, 0.1) is 25.1 Å². The van der Waals surface area contributed by atoms with Gasteiger partial charge in [-0.05, 0) is 6.42 Å². The summed E-state index contributed by atoms with van der Waals surface area (Å²) in [5.41, 5.74) is 1.46. The molecule has 0 spiro atoms. The van der Waals surface area contributed by atoms with Crippen molar-refractivity contribution < 1.29 is 10.2 Å². The molecule has 0 amide bonds. The van der Waals surface area contributed by atoms with Crippen LogP contribution in [-0.2, 0) is 0 Å². The van der Waals surface area contributed by atoms with Crippen LogP contribution in [0.25, 0.3) is 11.0 Å². The quantitative estimate of drug-likeness (QED) is 0.507. The van der Waals surface area contributed by atoms with Gasteiger partial charge in [0.1, 0.15) is 11.0 Å². The zero-order chi connectivity index (χ0) is 12.7. The lowest BCUT2D eigenvalue weighted by Crippen LogP contribution is -2.28. The highest BCUT2D eigenvalue weighted by Gasteiger charge is 2.34. The molecule has 8 heteroatoms. The lowest BCUT2D eigenvalue weighted by molar-refractivity contribution is 0.157. The molecule has 1 unspecified atom stereocenters. The van der Waals surface area contributed by atoms with Crippen LogP contribution in [0.2, 0.25) is 0 Å². The van der Waals surface area contributed by atoms with Crippen LogP contribution in [0.1, 0.15) is 18.0 Å². The third-order valence-corrected chi connectivity index (χ3v) is 3.38. The van der Waals surface area contributed by atoms with Crippen LogP contribution in [-0.4, -0.2) is 43.9 Å². The molecule has 3 rings (SSSR count).